The second kappa shape index (κ2) is 1.55. The fraction of sp³-hybridized carbons (Fsp3) is 0. The van der Waals surface area contributed by atoms with Gasteiger partial charge in [-0.05, 0) is 6.07 Å². The van der Waals surface area contributed by atoms with E-state index in [0.717, 1.165) is 11.4 Å². The van der Waals surface area contributed by atoms with Crippen molar-refractivity contribution in [2.75, 3.05) is 0 Å². The molecule has 0 atom stereocenters. The number of aromatic nitrogens is 2. The Morgan fingerprint density at radius 2 is 2.33 bits per heavy atom. The van der Waals surface area contributed by atoms with Crippen LogP contribution in [0.25, 0.3) is 11.4 Å². The van der Waals surface area contributed by atoms with Crippen LogP contribution in [-0.2, 0) is 0 Å². The summed E-state index contributed by atoms with van der Waals surface area (Å²) in [5, 5.41) is 0. The van der Waals surface area contributed by atoms with E-state index in [9.17, 15) is 0 Å². The molecule has 0 saturated carbocycles. The highest BCUT2D eigenvalue weighted by Crippen LogP contribution is 2.14. The molecule has 2 aliphatic heterocycles. The van der Waals surface area contributed by atoms with Crippen molar-refractivity contribution in [2.45, 2.75) is 0 Å². The summed E-state index contributed by atoms with van der Waals surface area (Å²) in [4.78, 5) is 7.81. The van der Waals surface area contributed by atoms with Crippen molar-refractivity contribution in [3.05, 3.63) is 24.9 Å². The number of hydrogen-bond acceptors (Lipinski definition) is 3. The lowest BCUT2D eigenvalue weighted by Gasteiger charge is -1.88. The Balaban J connectivity index is 2.79. The Bertz CT molecular complexity index is 251. The van der Waals surface area contributed by atoms with Gasteiger partial charge in [0.15, 0.2) is 12.2 Å². The Morgan fingerprint density at radius 3 is 3.22 bits per heavy atom. The summed E-state index contributed by atoms with van der Waals surface area (Å²) in [7, 11) is 0. The van der Waals surface area contributed by atoms with E-state index in [0.29, 0.717) is 0 Å². The maximum absolute atomic E-state index is 4.80. The predicted octanol–water partition coefficient (Wildman–Crippen LogP) is 1.17. The van der Waals surface area contributed by atoms with Gasteiger partial charge >= 0.3 is 0 Å². The summed E-state index contributed by atoms with van der Waals surface area (Å²) in [6.07, 6.45) is 4.69. The average molecular weight is 120 g/mol. The summed E-state index contributed by atoms with van der Waals surface area (Å²) in [5.74, 6) is 0.737. The van der Waals surface area contributed by atoms with Gasteiger partial charge in [-0.3, -0.25) is 0 Å². The van der Waals surface area contributed by atoms with Crippen LogP contribution in [0.5, 0.6) is 0 Å². The van der Waals surface area contributed by atoms with Gasteiger partial charge in [0.25, 0.3) is 0 Å². The second-order valence-electron chi connectivity index (χ2n) is 1.71. The lowest BCUT2D eigenvalue weighted by molar-refractivity contribution is 0.529. The van der Waals surface area contributed by atoms with Gasteiger partial charge in [0.1, 0.15) is 6.26 Å². The van der Waals surface area contributed by atoms with E-state index in [1.807, 2.05) is 6.07 Å². The van der Waals surface area contributed by atoms with Crippen molar-refractivity contribution < 1.29 is 4.42 Å². The number of fused-ring (bicyclic) bond motifs is 1. The number of hydrogen-bond donors (Lipinski definition) is 0. The molecule has 44 valence electrons. The summed E-state index contributed by atoms with van der Waals surface area (Å²) in [5.41, 5.74) is 0.942. The molecule has 2 aliphatic rings. The molecule has 0 fully saturated rings. The highest BCUT2D eigenvalue weighted by Gasteiger charge is 2.01. The quantitative estimate of drug-likeness (QED) is 0.524. The molecule has 0 unspecified atom stereocenters. The second-order valence-corrected chi connectivity index (χ2v) is 1.71. The lowest BCUT2D eigenvalue weighted by atomic mass is 10.3. The zero-order valence-electron chi connectivity index (χ0n) is 4.61. The van der Waals surface area contributed by atoms with Crippen molar-refractivity contribution in [3.63, 3.8) is 0 Å². The van der Waals surface area contributed by atoms with Gasteiger partial charge in [-0.2, -0.15) is 4.98 Å². The monoisotopic (exact) mass is 120 g/mol. The van der Waals surface area contributed by atoms with Crippen molar-refractivity contribution in [1.82, 2.24) is 9.97 Å². The average Bonchev–Trinajstić information content (AvgIpc) is 2.33. The van der Waals surface area contributed by atoms with Crippen LogP contribution in [0.1, 0.15) is 0 Å². The molecule has 3 nitrogen and oxygen atoms in total. The maximum Gasteiger partial charge on any atom is 0.182 e. The Labute approximate surface area is 51.7 Å². The Morgan fingerprint density at radius 1 is 1.33 bits per heavy atom. The molecule has 0 amide bonds. The highest BCUT2D eigenvalue weighted by atomic mass is 16.3. The summed E-state index contributed by atoms with van der Waals surface area (Å²) >= 11 is 0. The van der Waals surface area contributed by atoms with Gasteiger partial charge in [-0.25, -0.2) is 4.98 Å². The van der Waals surface area contributed by atoms with Crippen LogP contribution < -0.4 is 0 Å². The largest absolute Gasteiger partial charge is 0.453 e. The Hall–Kier alpha value is -1.38. The fourth-order valence-electron chi connectivity index (χ4n) is 0.721. The van der Waals surface area contributed by atoms with Gasteiger partial charge < -0.3 is 4.42 Å². The van der Waals surface area contributed by atoms with Crippen LogP contribution >= 0.6 is 0 Å². The van der Waals surface area contributed by atoms with E-state index in [1.54, 1.807) is 12.5 Å². The molecular weight excluding hydrogens is 116 g/mol. The van der Waals surface area contributed by atoms with Crippen LogP contribution in [0.3, 0.4) is 0 Å². The van der Waals surface area contributed by atoms with Crippen molar-refractivity contribution in [1.29, 1.82) is 0 Å². The number of rotatable bonds is 0. The number of nitrogens with zero attached hydrogens (tertiary/aromatic N) is 2. The summed E-state index contributed by atoms with van der Waals surface area (Å²) in [6.45, 7) is 0. The van der Waals surface area contributed by atoms with Crippen LogP contribution in [0.15, 0.2) is 29.3 Å². The molecule has 2 rings (SSSR count). The highest BCUT2D eigenvalue weighted by molar-refractivity contribution is 5.53. The fourth-order valence-corrected chi connectivity index (χ4v) is 0.721. The third-order valence-corrected chi connectivity index (χ3v) is 1.14. The van der Waals surface area contributed by atoms with E-state index in [2.05, 4.69) is 9.97 Å². The molecule has 0 aromatic heterocycles. The predicted molar refractivity (Wildman–Crippen MR) is 30.9 cm³/mol. The first-order chi connectivity index (χ1) is 4.47. The molecule has 9 heavy (non-hydrogen) atoms. The smallest absolute Gasteiger partial charge is 0.182 e. The molecule has 0 N–H and O–H groups in total. The van der Waals surface area contributed by atoms with Crippen molar-refractivity contribution in [3.8, 4) is 11.4 Å². The maximum atomic E-state index is 4.80. The van der Waals surface area contributed by atoms with Gasteiger partial charge in [0.2, 0.25) is 0 Å². The third-order valence-electron chi connectivity index (χ3n) is 1.14. The summed E-state index contributed by atoms with van der Waals surface area (Å²) in [6, 6.07) is 1.85. The third kappa shape index (κ3) is 0.579. The van der Waals surface area contributed by atoms with Crippen LogP contribution in [0, 0.1) is 0 Å². The van der Waals surface area contributed by atoms with E-state index < -0.39 is 0 Å². The van der Waals surface area contributed by atoms with Gasteiger partial charge in [0, 0.05) is 6.20 Å². The molecular formula is C6H4N2O. The molecule has 0 saturated heterocycles. The molecule has 0 radical (unpaired) electrons. The SMILES string of the molecule is c1cc2cocnc-2n1. The van der Waals surface area contributed by atoms with Crippen LogP contribution in [0.2, 0.25) is 0 Å². The van der Waals surface area contributed by atoms with Crippen LogP contribution in [-0.4, -0.2) is 9.97 Å². The topological polar surface area (TPSA) is 38.9 Å². The zero-order valence-corrected chi connectivity index (χ0v) is 4.61. The lowest BCUT2D eigenvalue weighted by Crippen LogP contribution is -1.78. The van der Waals surface area contributed by atoms with E-state index in [1.165, 1.54) is 6.39 Å². The molecule has 0 aromatic carbocycles. The molecule has 0 spiro atoms. The van der Waals surface area contributed by atoms with Crippen molar-refractivity contribution >= 4 is 0 Å². The van der Waals surface area contributed by atoms with Crippen molar-refractivity contribution in [2.24, 2.45) is 0 Å². The zero-order chi connectivity index (χ0) is 6.10. The van der Waals surface area contributed by atoms with Gasteiger partial charge in [0.05, 0.1) is 5.56 Å². The minimum Gasteiger partial charge on any atom is -0.453 e. The van der Waals surface area contributed by atoms with Crippen LogP contribution in [0.4, 0.5) is 0 Å². The first-order valence-corrected chi connectivity index (χ1v) is 2.60. The normalized spacial score (nSPS) is 10.2. The Kier molecular flexibility index (Phi) is 0.773. The minimum atomic E-state index is 0.737. The molecule has 3 heteroatoms. The van der Waals surface area contributed by atoms with E-state index in [4.69, 9.17) is 4.42 Å². The molecule has 2 heterocycles. The van der Waals surface area contributed by atoms with E-state index >= 15 is 0 Å². The molecule has 0 bridgehead atoms. The summed E-state index contributed by atoms with van der Waals surface area (Å²) < 4.78 is 4.80. The molecule has 0 aliphatic carbocycles. The standard InChI is InChI=1S/C6H4N2O/c1-2-7-6-5(1)3-9-4-8-6/h1-4H. The minimum absolute atomic E-state index is 0.737. The first-order valence-electron chi connectivity index (χ1n) is 2.60. The van der Waals surface area contributed by atoms with Gasteiger partial charge in [-0.15, -0.1) is 0 Å². The molecule has 0 aromatic rings. The first kappa shape index (κ1) is 4.49. The van der Waals surface area contributed by atoms with Gasteiger partial charge in [-0.1, -0.05) is 0 Å². The van der Waals surface area contributed by atoms with E-state index in [-0.39, 0.29) is 0 Å².